The minimum Gasteiger partial charge on any atom is -0.293 e. The average Bonchev–Trinajstić information content (AvgIpc) is 3.11. The Kier molecular flexibility index (Phi) is 4.09. The van der Waals surface area contributed by atoms with Crippen LogP contribution in [0.4, 0.5) is 0 Å². The molecule has 0 N–H and O–H groups in total. The van der Waals surface area contributed by atoms with Gasteiger partial charge >= 0.3 is 0 Å². The number of para-hydroxylation sites is 1. The van der Waals surface area contributed by atoms with E-state index in [-0.39, 0.29) is 5.78 Å². The summed E-state index contributed by atoms with van der Waals surface area (Å²) in [5.41, 5.74) is 1.55. The number of fused-ring (bicyclic) bond motifs is 1. The van der Waals surface area contributed by atoms with Crippen molar-refractivity contribution in [3.63, 3.8) is 0 Å². The summed E-state index contributed by atoms with van der Waals surface area (Å²) in [6.07, 6.45) is 3.05. The third-order valence-corrected chi connectivity index (χ3v) is 4.92. The molecule has 4 nitrogen and oxygen atoms in total. The first-order valence-corrected chi connectivity index (χ1v) is 8.26. The van der Waals surface area contributed by atoms with Gasteiger partial charge in [0.15, 0.2) is 11.7 Å². The maximum Gasteiger partial charge on any atom is 0.179 e. The number of hydrogen-bond acceptors (Lipinski definition) is 6. The van der Waals surface area contributed by atoms with E-state index >= 15 is 0 Å². The molecular weight excluding hydrogens is 314 g/mol. The van der Waals surface area contributed by atoms with Crippen LogP contribution in [-0.4, -0.2) is 15.8 Å². The molecule has 1 atom stereocenters. The molecule has 0 radical (unpaired) electrons. The number of allylic oxidation sites excluding steroid dienone is 1. The summed E-state index contributed by atoms with van der Waals surface area (Å²) in [7, 11) is 0. The highest BCUT2D eigenvalue weighted by atomic mass is 32.1. The van der Waals surface area contributed by atoms with Crippen molar-refractivity contribution >= 4 is 44.7 Å². The lowest BCUT2D eigenvalue weighted by Crippen LogP contribution is -2.07. The van der Waals surface area contributed by atoms with Crippen molar-refractivity contribution in [2.45, 2.75) is 12.8 Å². The molecule has 3 rings (SSSR count). The van der Waals surface area contributed by atoms with Gasteiger partial charge in [-0.25, -0.2) is 9.97 Å². The molecule has 0 amide bonds. The van der Waals surface area contributed by atoms with Crippen LogP contribution in [0.3, 0.4) is 0 Å². The number of carbonyl (C=O) groups is 1. The molecule has 0 fully saturated rings. The second-order valence-corrected chi connectivity index (χ2v) is 6.73. The maximum absolute atomic E-state index is 12.3. The first-order valence-electron chi connectivity index (χ1n) is 6.56. The number of nitrogens with zero attached hydrogens (tertiary/aromatic N) is 3. The van der Waals surface area contributed by atoms with Gasteiger partial charge < -0.3 is 0 Å². The van der Waals surface area contributed by atoms with E-state index in [0.717, 1.165) is 20.9 Å². The number of carbonyl (C=O) groups excluding carboxylic acids is 1. The summed E-state index contributed by atoms with van der Waals surface area (Å²) in [6, 6.07) is 9.66. The smallest absolute Gasteiger partial charge is 0.179 e. The summed E-state index contributed by atoms with van der Waals surface area (Å²) in [6.45, 7) is 1.91. The highest BCUT2D eigenvalue weighted by Crippen LogP contribution is 2.28. The first-order chi connectivity index (χ1) is 10.7. The van der Waals surface area contributed by atoms with Crippen molar-refractivity contribution in [2.24, 2.45) is 0 Å². The Bertz CT molecular complexity index is 868. The molecule has 0 aliphatic heterocycles. The molecule has 22 heavy (non-hydrogen) atoms. The van der Waals surface area contributed by atoms with E-state index < -0.39 is 5.92 Å². The van der Waals surface area contributed by atoms with Crippen LogP contribution < -0.4 is 0 Å². The summed E-state index contributed by atoms with van der Waals surface area (Å²) in [5.74, 6) is -1.14. The second kappa shape index (κ2) is 6.18. The molecule has 3 aromatic rings. The lowest BCUT2D eigenvalue weighted by atomic mass is 10.1. The Balaban J connectivity index is 1.85. The average molecular weight is 325 g/mol. The van der Waals surface area contributed by atoms with Gasteiger partial charge in [0, 0.05) is 5.38 Å². The van der Waals surface area contributed by atoms with Crippen molar-refractivity contribution in [1.82, 2.24) is 9.97 Å². The molecule has 2 heterocycles. The summed E-state index contributed by atoms with van der Waals surface area (Å²) >= 11 is 2.90. The minimum atomic E-state index is -0.867. The van der Waals surface area contributed by atoms with Crippen LogP contribution in [0.1, 0.15) is 21.6 Å². The third kappa shape index (κ3) is 2.96. The molecule has 6 heteroatoms. The zero-order valence-corrected chi connectivity index (χ0v) is 13.3. The Hall–Kier alpha value is -2.36. The zero-order valence-electron chi connectivity index (χ0n) is 11.7. The molecular formula is C16H11N3OS2. The van der Waals surface area contributed by atoms with Crippen molar-refractivity contribution in [3.8, 4) is 6.07 Å². The van der Waals surface area contributed by atoms with Gasteiger partial charge in [-0.1, -0.05) is 12.1 Å². The standard InChI is InChI=1S/C16H11N3OS2/c1-10-18-11(9-21-10)6-7-14(20)12(8-17)16-19-13-4-2-3-5-15(13)22-16/h2-7,9,12H,1H3/b7-6-/t12-/m0/s1. The van der Waals surface area contributed by atoms with Crippen LogP contribution in [-0.2, 0) is 4.79 Å². The Morgan fingerprint density at radius 2 is 2.18 bits per heavy atom. The molecule has 0 aliphatic rings. The molecule has 0 spiro atoms. The molecule has 0 saturated carbocycles. The summed E-state index contributed by atoms with van der Waals surface area (Å²) < 4.78 is 0.977. The topological polar surface area (TPSA) is 66.6 Å². The second-order valence-electron chi connectivity index (χ2n) is 4.61. The highest BCUT2D eigenvalue weighted by Gasteiger charge is 2.22. The van der Waals surface area contributed by atoms with Crippen LogP contribution >= 0.6 is 22.7 Å². The number of aryl methyl sites for hydroxylation is 1. The molecule has 2 aromatic heterocycles. The van der Waals surface area contributed by atoms with Gasteiger partial charge in [-0.15, -0.1) is 22.7 Å². The number of aromatic nitrogens is 2. The third-order valence-electron chi connectivity index (χ3n) is 3.03. The minimum absolute atomic E-state index is 0.271. The van der Waals surface area contributed by atoms with Gasteiger partial charge in [-0.2, -0.15) is 5.26 Å². The van der Waals surface area contributed by atoms with Gasteiger partial charge in [0.05, 0.1) is 27.0 Å². The molecule has 0 saturated heterocycles. The van der Waals surface area contributed by atoms with Crippen LogP contribution in [0.15, 0.2) is 35.7 Å². The highest BCUT2D eigenvalue weighted by molar-refractivity contribution is 7.18. The lowest BCUT2D eigenvalue weighted by molar-refractivity contribution is -0.114. The predicted octanol–water partition coefficient (Wildman–Crippen LogP) is 3.95. The number of thiazole rings is 2. The quantitative estimate of drug-likeness (QED) is 0.681. The van der Waals surface area contributed by atoms with E-state index in [0.29, 0.717) is 5.01 Å². The fraction of sp³-hybridized carbons (Fsp3) is 0.125. The largest absolute Gasteiger partial charge is 0.293 e. The van der Waals surface area contributed by atoms with Crippen LogP contribution in [0, 0.1) is 18.3 Å². The fourth-order valence-electron chi connectivity index (χ4n) is 1.97. The number of ketones is 1. The van der Waals surface area contributed by atoms with E-state index in [1.54, 1.807) is 6.08 Å². The van der Waals surface area contributed by atoms with Gasteiger partial charge in [0.2, 0.25) is 0 Å². The SMILES string of the molecule is Cc1nc(/C=C\C(=O)[C@H](C#N)c2nc3ccccc3s2)cs1. The van der Waals surface area contributed by atoms with E-state index in [2.05, 4.69) is 9.97 Å². The Morgan fingerprint density at radius 3 is 2.86 bits per heavy atom. The van der Waals surface area contributed by atoms with Gasteiger partial charge in [-0.3, -0.25) is 4.79 Å². The number of hydrogen-bond donors (Lipinski definition) is 0. The predicted molar refractivity (Wildman–Crippen MR) is 88.9 cm³/mol. The number of nitriles is 1. The van der Waals surface area contributed by atoms with E-state index in [1.807, 2.05) is 42.6 Å². The summed E-state index contributed by atoms with van der Waals surface area (Å²) in [4.78, 5) is 20.9. The molecule has 108 valence electrons. The lowest BCUT2D eigenvalue weighted by Gasteiger charge is -1.99. The number of benzene rings is 1. The van der Waals surface area contributed by atoms with E-state index in [1.165, 1.54) is 28.7 Å². The Morgan fingerprint density at radius 1 is 1.36 bits per heavy atom. The van der Waals surface area contributed by atoms with Crippen LogP contribution in [0.5, 0.6) is 0 Å². The Labute approximate surface area is 135 Å². The van der Waals surface area contributed by atoms with Crippen molar-refractivity contribution in [2.75, 3.05) is 0 Å². The van der Waals surface area contributed by atoms with Crippen LogP contribution in [0.25, 0.3) is 16.3 Å². The molecule has 0 aliphatic carbocycles. The monoisotopic (exact) mass is 325 g/mol. The van der Waals surface area contributed by atoms with Gasteiger partial charge in [0.1, 0.15) is 5.01 Å². The number of rotatable bonds is 4. The molecule has 0 unspecified atom stereocenters. The molecule has 1 aromatic carbocycles. The normalized spacial score (nSPS) is 12.5. The fourth-order valence-corrected chi connectivity index (χ4v) is 3.58. The maximum atomic E-state index is 12.3. The van der Waals surface area contributed by atoms with Crippen molar-refractivity contribution in [3.05, 3.63) is 51.4 Å². The summed E-state index contributed by atoms with van der Waals surface area (Å²) in [5, 5.41) is 12.7. The first kappa shape index (κ1) is 14.6. The molecule has 0 bridgehead atoms. The van der Waals surface area contributed by atoms with E-state index in [9.17, 15) is 10.1 Å². The zero-order chi connectivity index (χ0) is 15.5. The van der Waals surface area contributed by atoms with Crippen LogP contribution in [0.2, 0.25) is 0 Å². The van der Waals surface area contributed by atoms with Crippen molar-refractivity contribution < 1.29 is 4.79 Å². The van der Waals surface area contributed by atoms with Crippen molar-refractivity contribution in [1.29, 1.82) is 5.26 Å². The van der Waals surface area contributed by atoms with Gasteiger partial charge in [-0.05, 0) is 31.2 Å². The van der Waals surface area contributed by atoms with E-state index in [4.69, 9.17) is 0 Å². The van der Waals surface area contributed by atoms with Gasteiger partial charge in [0.25, 0.3) is 0 Å².